The number of aromatic nitrogens is 5. The Morgan fingerprint density at radius 3 is 2.45 bits per heavy atom. The quantitative estimate of drug-likeness (QED) is 0.292. The van der Waals surface area contributed by atoms with Gasteiger partial charge in [-0.1, -0.05) is 19.4 Å². The Hall–Kier alpha value is -2.96. The number of hydrogen-bond donors (Lipinski definition) is 1. The van der Waals surface area contributed by atoms with Crippen LogP contribution in [0.5, 0.6) is 0 Å². The molecule has 44 heavy (non-hydrogen) atoms. The lowest BCUT2D eigenvalue weighted by atomic mass is 9.81. The van der Waals surface area contributed by atoms with Gasteiger partial charge in [-0.25, -0.2) is 19.3 Å². The summed E-state index contributed by atoms with van der Waals surface area (Å²) in [6, 6.07) is 4.08. The molecular formula is C32H44FN7O3S. The standard InChI is InChI=1S/C32H44FN7O3S/c1-22-5-3-4-14-40-31(22)27(18-36-40)30-28(33)19-35-32(38-30)37-29-11-10-26(17-34-29)25-12-15-39(16-13-25)20-23-6-8-24(9-7-23)21-43-44(2,41)42/h10-11,17-19,22-25H,3-9,12-16,20-21H2,1-2H3,(H,34,35,37,38)/t22-,23?,24?/m1/s1. The molecule has 10 nitrogen and oxygen atoms in total. The van der Waals surface area contributed by atoms with Crippen LogP contribution in [0, 0.1) is 17.7 Å². The number of halogens is 1. The van der Waals surface area contributed by atoms with Crippen molar-refractivity contribution in [2.75, 3.05) is 37.8 Å². The lowest BCUT2D eigenvalue weighted by Crippen LogP contribution is -2.37. The summed E-state index contributed by atoms with van der Waals surface area (Å²) in [6.07, 6.45) is 15.8. The zero-order chi connectivity index (χ0) is 30.7. The molecule has 0 amide bonds. The third-order valence-corrected chi connectivity index (χ3v) is 10.3. The van der Waals surface area contributed by atoms with Gasteiger partial charge in [-0.3, -0.25) is 8.86 Å². The van der Waals surface area contributed by atoms with E-state index in [1.54, 1.807) is 6.20 Å². The average molecular weight is 626 g/mol. The van der Waals surface area contributed by atoms with Gasteiger partial charge in [-0.05, 0) is 99.8 Å². The number of pyridine rings is 1. The maximum atomic E-state index is 14.9. The van der Waals surface area contributed by atoms with Gasteiger partial charge >= 0.3 is 0 Å². The fourth-order valence-electron chi connectivity index (χ4n) is 7.19. The topological polar surface area (TPSA) is 115 Å². The maximum Gasteiger partial charge on any atom is 0.264 e. The molecule has 0 spiro atoms. The predicted octanol–water partition coefficient (Wildman–Crippen LogP) is 5.87. The van der Waals surface area contributed by atoms with Crippen molar-refractivity contribution in [3.8, 4) is 11.3 Å². The molecule has 238 valence electrons. The van der Waals surface area contributed by atoms with Crippen LogP contribution >= 0.6 is 0 Å². The van der Waals surface area contributed by atoms with E-state index < -0.39 is 15.9 Å². The Kier molecular flexibility index (Phi) is 9.58. The van der Waals surface area contributed by atoms with E-state index in [1.165, 1.54) is 11.8 Å². The fraction of sp³-hybridized carbons (Fsp3) is 0.625. The second-order valence-electron chi connectivity index (χ2n) is 13.0. The van der Waals surface area contributed by atoms with Gasteiger partial charge in [0.25, 0.3) is 10.1 Å². The van der Waals surface area contributed by atoms with Crippen molar-refractivity contribution in [1.29, 1.82) is 0 Å². The molecule has 1 saturated carbocycles. The molecule has 2 aliphatic heterocycles. The summed E-state index contributed by atoms with van der Waals surface area (Å²) >= 11 is 0. The summed E-state index contributed by atoms with van der Waals surface area (Å²) in [5.74, 6) is 2.28. The first kappa shape index (κ1) is 31.0. The van der Waals surface area contributed by atoms with Crippen LogP contribution in [0.1, 0.15) is 87.8 Å². The molecule has 5 heterocycles. The molecule has 12 heteroatoms. The lowest BCUT2D eigenvalue weighted by Gasteiger charge is -2.36. The molecule has 0 aromatic carbocycles. The van der Waals surface area contributed by atoms with Crippen molar-refractivity contribution >= 4 is 21.9 Å². The molecule has 1 aliphatic carbocycles. The Bertz CT molecular complexity index is 1520. The van der Waals surface area contributed by atoms with Gasteiger partial charge in [-0.2, -0.15) is 13.5 Å². The third kappa shape index (κ3) is 7.63. The van der Waals surface area contributed by atoms with E-state index >= 15 is 0 Å². The molecule has 6 rings (SSSR count). The maximum absolute atomic E-state index is 14.9. The average Bonchev–Trinajstić information content (AvgIpc) is 3.35. The molecule has 0 unspecified atom stereocenters. The highest BCUT2D eigenvalue weighted by atomic mass is 32.2. The number of fused-ring (bicyclic) bond motifs is 1. The van der Waals surface area contributed by atoms with Crippen LogP contribution < -0.4 is 5.32 Å². The van der Waals surface area contributed by atoms with Crippen LogP contribution in [-0.2, 0) is 20.8 Å². The predicted molar refractivity (Wildman–Crippen MR) is 168 cm³/mol. The Balaban J connectivity index is 1.00. The van der Waals surface area contributed by atoms with E-state index in [-0.39, 0.29) is 11.6 Å². The Morgan fingerprint density at radius 2 is 1.73 bits per heavy atom. The van der Waals surface area contributed by atoms with Crippen LogP contribution in [-0.4, -0.2) is 70.5 Å². The van der Waals surface area contributed by atoms with Crippen molar-refractivity contribution < 1.29 is 17.0 Å². The monoisotopic (exact) mass is 625 g/mol. The first-order chi connectivity index (χ1) is 21.2. The van der Waals surface area contributed by atoms with Crippen molar-refractivity contribution in [3.63, 3.8) is 0 Å². The van der Waals surface area contributed by atoms with Crippen LogP contribution in [0.2, 0.25) is 0 Å². The summed E-state index contributed by atoms with van der Waals surface area (Å²) in [7, 11) is -3.36. The molecule has 1 atom stereocenters. The smallest absolute Gasteiger partial charge is 0.264 e. The van der Waals surface area contributed by atoms with Gasteiger partial charge in [0.15, 0.2) is 5.82 Å². The second kappa shape index (κ2) is 13.6. The van der Waals surface area contributed by atoms with Crippen LogP contribution in [0.25, 0.3) is 11.3 Å². The molecule has 0 bridgehead atoms. The van der Waals surface area contributed by atoms with E-state index in [4.69, 9.17) is 4.18 Å². The minimum Gasteiger partial charge on any atom is -0.309 e. The summed E-state index contributed by atoms with van der Waals surface area (Å²) in [5, 5.41) is 7.70. The van der Waals surface area contributed by atoms with Crippen LogP contribution in [0.3, 0.4) is 0 Å². The second-order valence-corrected chi connectivity index (χ2v) is 14.6. The summed E-state index contributed by atoms with van der Waals surface area (Å²) < 4.78 is 44.5. The SMILES string of the molecule is C[C@@H]1CCCCn2ncc(-c3nc(Nc4ccc(C5CCN(CC6CCC(COS(C)(=O)=O)CC6)CC5)cn4)ncc3F)c21. The normalized spacial score (nSPS) is 23.7. The van der Waals surface area contributed by atoms with Crippen LogP contribution in [0.15, 0.2) is 30.7 Å². The van der Waals surface area contributed by atoms with E-state index in [1.807, 2.05) is 16.9 Å². The van der Waals surface area contributed by atoms with E-state index in [2.05, 4.69) is 43.3 Å². The molecule has 3 aromatic heterocycles. The van der Waals surface area contributed by atoms with E-state index in [9.17, 15) is 12.8 Å². The van der Waals surface area contributed by atoms with Crippen molar-refractivity contribution in [1.82, 2.24) is 29.6 Å². The number of aryl methyl sites for hydroxylation is 1. The molecule has 3 aromatic rings. The number of rotatable bonds is 9. The van der Waals surface area contributed by atoms with Crippen molar-refractivity contribution in [3.05, 3.63) is 47.8 Å². The number of anilines is 2. The highest BCUT2D eigenvalue weighted by Gasteiger charge is 2.27. The van der Waals surface area contributed by atoms with E-state index in [0.29, 0.717) is 36.1 Å². The largest absolute Gasteiger partial charge is 0.309 e. The molecule has 3 aliphatic rings. The Morgan fingerprint density at radius 1 is 0.955 bits per heavy atom. The molecular weight excluding hydrogens is 581 g/mol. The first-order valence-electron chi connectivity index (χ1n) is 16.1. The minimum absolute atomic E-state index is 0.273. The van der Waals surface area contributed by atoms with Gasteiger partial charge in [0, 0.05) is 24.8 Å². The molecule has 0 radical (unpaired) electrons. The van der Waals surface area contributed by atoms with Gasteiger partial charge in [0.2, 0.25) is 5.95 Å². The molecule has 1 saturated heterocycles. The van der Waals surface area contributed by atoms with Crippen molar-refractivity contribution in [2.24, 2.45) is 11.8 Å². The zero-order valence-electron chi connectivity index (χ0n) is 25.8. The van der Waals surface area contributed by atoms with Gasteiger partial charge in [0.1, 0.15) is 11.5 Å². The van der Waals surface area contributed by atoms with Gasteiger partial charge < -0.3 is 10.2 Å². The molecule has 1 N–H and O–H groups in total. The number of likely N-dealkylation sites (tertiary alicyclic amines) is 1. The zero-order valence-corrected chi connectivity index (χ0v) is 26.6. The lowest BCUT2D eigenvalue weighted by molar-refractivity contribution is 0.135. The number of nitrogens with one attached hydrogen (secondary N) is 1. The van der Waals surface area contributed by atoms with Gasteiger partial charge in [-0.15, -0.1) is 0 Å². The Labute approximate surface area is 260 Å². The van der Waals surface area contributed by atoms with Crippen molar-refractivity contribution in [2.45, 2.75) is 83.1 Å². The minimum atomic E-state index is -3.36. The highest BCUT2D eigenvalue weighted by Crippen LogP contribution is 2.36. The van der Waals surface area contributed by atoms with E-state index in [0.717, 1.165) is 101 Å². The summed E-state index contributed by atoms with van der Waals surface area (Å²) in [5.41, 5.74) is 3.29. The number of piperidine rings is 1. The molecule has 2 fully saturated rings. The summed E-state index contributed by atoms with van der Waals surface area (Å²) in [4.78, 5) is 16.0. The number of hydrogen-bond acceptors (Lipinski definition) is 9. The third-order valence-electron chi connectivity index (χ3n) is 9.69. The highest BCUT2D eigenvalue weighted by molar-refractivity contribution is 7.85. The van der Waals surface area contributed by atoms with Gasteiger partial charge in [0.05, 0.1) is 31.0 Å². The first-order valence-corrected chi connectivity index (χ1v) is 17.9. The summed E-state index contributed by atoms with van der Waals surface area (Å²) in [6.45, 7) is 6.61. The number of nitrogens with zero attached hydrogens (tertiary/aromatic N) is 6. The van der Waals surface area contributed by atoms with Crippen LogP contribution in [0.4, 0.5) is 16.2 Å². The fourth-order valence-corrected chi connectivity index (χ4v) is 7.63.